The van der Waals surface area contributed by atoms with Crippen molar-refractivity contribution in [2.45, 2.75) is 38.3 Å². The zero-order chi connectivity index (χ0) is 16.1. The Hall–Kier alpha value is -0.980. The first-order valence-electron chi connectivity index (χ1n) is 7.45. The predicted molar refractivity (Wildman–Crippen MR) is 85.9 cm³/mol. The van der Waals surface area contributed by atoms with E-state index in [1.54, 1.807) is 0 Å². The Morgan fingerprint density at radius 3 is 2.91 bits per heavy atom. The molecule has 1 aliphatic heterocycles. The number of benzene rings is 1. The largest absolute Gasteiger partial charge is 0.377 e. The number of nitrogens with two attached hydrogens (primary N) is 1. The van der Waals surface area contributed by atoms with Crippen molar-refractivity contribution in [3.8, 4) is 0 Å². The quantitative estimate of drug-likeness (QED) is 0.840. The van der Waals surface area contributed by atoms with E-state index in [1.165, 1.54) is 18.2 Å². The lowest BCUT2D eigenvalue weighted by atomic mass is 9.46. The third-order valence-electron chi connectivity index (χ3n) is 5.24. The molecule has 0 spiro atoms. The number of halogens is 2. The van der Waals surface area contributed by atoms with Gasteiger partial charge in [-0.3, -0.25) is 4.79 Å². The van der Waals surface area contributed by atoms with E-state index in [-0.39, 0.29) is 23.7 Å². The second-order valence-corrected chi connectivity index (χ2v) is 7.57. The normalized spacial score (nSPS) is 32.8. The van der Waals surface area contributed by atoms with Gasteiger partial charge in [0.15, 0.2) is 0 Å². The van der Waals surface area contributed by atoms with Crippen LogP contribution in [0.25, 0.3) is 0 Å². The summed E-state index contributed by atoms with van der Waals surface area (Å²) in [4.78, 5) is 12.8. The van der Waals surface area contributed by atoms with Crippen LogP contribution in [0.15, 0.2) is 22.7 Å². The van der Waals surface area contributed by atoms with Gasteiger partial charge in [-0.25, -0.2) is 4.39 Å². The minimum Gasteiger partial charge on any atom is -0.377 e. The van der Waals surface area contributed by atoms with Crippen molar-refractivity contribution in [1.82, 2.24) is 0 Å². The number of amides is 1. The van der Waals surface area contributed by atoms with E-state index in [1.807, 2.05) is 13.8 Å². The van der Waals surface area contributed by atoms with Gasteiger partial charge in [0.25, 0.3) is 0 Å². The molecule has 2 fully saturated rings. The van der Waals surface area contributed by atoms with Crippen molar-refractivity contribution in [2.75, 3.05) is 11.9 Å². The molecule has 22 heavy (non-hydrogen) atoms. The summed E-state index contributed by atoms with van der Waals surface area (Å²) in [5.74, 6) is -0.576. The van der Waals surface area contributed by atoms with Gasteiger partial charge in [-0.05, 0) is 47.0 Å². The summed E-state index contributed by atoms with van der Waals surface area (Å²) >= 11 is 3.12. The summed E-state index contributed by atoms with van der Waals surface area (Å²) in [6.45, 7) is 4.67. The molecule has 1 saturated heterocycles. The van der Waals surface area contributed by atoms with E-state index < -0.39 is 11.0 Å². The van der Waals surface area contributed by atoms with Crippen molar-refractivity contribution in [1.29, 1.82) is 0 Å². The highest BCUT2D eigenvalue weighted by molar-refractivity contribution is 9.10. The number of ether oxygens (including phenoxy) is 1. The highest BCUT2D eigenvalue weighted by Crippen LogP contribution is 2.57. The Kier molecular flexibility index (Phi) is 3.82. The summed E-state index contributed by atoms with van der Waals surface area (Å²) in [5, 5.41) is 2.82. The molecule has 0 bridgehead atoms. The Morgan fingerprint density at radius 2 is 2.23 bits per heavy atom. The fraction of sp³-hybridized carbons (Fsp3) is 0.562. The Morgan fingerprint density at radius 1 is 1.50 bits per heavy atom. The minimum absolute atomic E-state index is 0.0250. The van der Waals surface area contributed by atoms with Crippen molar-refractivity contribution in [3.05, 3.63) is 28.5 Å². The summed E-state index contributed by atoms with van der Waals surface area (Å²) in [7, 11) is 0. The van der Waals surface area contributed by atoms with Gasteiger partial charge >= 0.3 is 0 Å². The third kappa shape index (κ3) is 2.12. The number of fused-ring (bicyclic) bond motifs is 1. The first kappa shape index (κ1) is 15.9. The molecule has 0 radical (unpaired) electrons. The molecule has 3 rings (SSSR count). The van der Waals surface area contributed by atoms with Crippen LogP contribution in [0.2, 0.25) is 0 Å². The van der Waals surface area contributed by atoms with Crippen LogP contribution in [0.1, 0.15) is 26.7 Å². The second-order valence-electron chi connectivity index (χ2n) is 6.71. The number of rotatable bonds is 2. The van der Waals surface area contributed by atoms with E-state index in [2.05, 4.69) is 21.2 Å². The molecule has 3 N–H and O–H groups in total. The molecule has 4 nitrogen and oxygen atoms in total. The van der Waals surface area contributed by atoms with Crippen LogP contribution in [-0.4, -0.2) is 24.2 Å². The molecule has 1 amide bonds. The molecule has 1 heterocycles. The molecule has 1 aliphatic carbocycles. The molecule has 120 valence electrons. The van der Waals surface area contributed by atoms with Crippen LogP contribution in [-0.2, 0) is 9.53 Å². The molecule has 0 aromatic heterocycles. The molecule has 3 unspecified atom stereocenters. The van der Waals surface area contributed by atoms with E-state index in [9.17, 15) is 9.18 Å². The molecule has 1 saturated carbocycles. The van der Waals surface area contributed by atoms with Gasteiger partial charge in [-0.15, -0.1) is 0 Å². The fourth-order valence-electron chi connectivity index (χ4n) is 3.85. The lowest BCUT2D eigenvalue weighted by Gasteiger charge is -2.65. The maximum absolute atomic E-state index is 13.3. The van der Waals surface area contributed by atoms with Gasteiger partial charge < -0.3 is 15.8 Å². The molecule has 3 atom stereocenters. The van der Waals surface area contributed by atoms with Gasteiger partial charge in [0, 0.05) is 23.6 Å². The topological polar surface area (TPSA) is 64.3 Å². The monoisotopic (exact) mass is 370 g/mol. The van der Waals surface area contributed by atoms with Crippen molar-refractivity contribution in [2.24, 2.45) is 17.1 Å². The number of hydrogen-bond acceptors (Lipinski definition) is 3. The zero-order valence-electron chi connectivity index (χ0n) is 12.7. The minimum atomic E-state index is -0.973. The van der Waals surface area contributed by atoms with Gasteiger partial charge in [0.05, 0.1) is 10.6 Å². The average molecular weight is 371 g/mol. The molecular formula is C16H20BrFN2O2. The number of nitrogens with one attached hydrogen (secondary N) is 1. The summed E-state index contributed by atoms with van der Waals surface area (Å²) in [6.07, 6.45) is 1.84. The van der Waals surface area contributed by atoms with Crippen LogP contribution < -0.4 is 11.1 Å². The van der Waals surface area contributed by atoms with Crippen molar-refractivity contribution < 1.29 is 13.9 Å². The Bertz CT molecular complexity index is 622. The highest BCUT2D eigenvalue weighted by atomic mass is 79.9. The van der Waals surface area contributed by atoms with Gasteiger partial charge in [-0.2, -0.15) is 0 Å². The maximum Gasteiger partial charge on any atom is 0.245 e. The molecule has 1 aromatic carbocycles. The zero-order valence-corrected chi connectivity index (χ0v) is 14.2. The van der Waals surface area contributed by atoms with Crippen LogP contribution in [0.4, 0.5) is 10.1 Å². The van der Waals surface area contributed by atoms with Gasteiger partial charge in [0.1, 0.15) is 11.4 Å². The smallest absolute Gasteiger partial charge is 0.245 e. The van der Waals surface area contributed by atoms with E-state index in [4.69, 9.17) is 10.5 Å². The number of hydrogen-bond donors (Lipinski definition) is 2. The summed E-state index contributed by atoms with van der Waals surface area (Å²) in [5.41, 5.74) is 5.64. The average Bonchev–Trinajstić information content (AvgIpc) is 2.50. The molecule has 1 aromatic rings. The fourth-order valence-corrected chi connectivity index (χ4v) is 4.22. The van der Waals surface area contributed by atoms with Crippen LogP contribution >= 0.6 is 15.9 Å². The lowest BCUT2D eigenvalue weighted by Crippen LogP contribution is -2.81. The van der Waals surface area contributed by atoms with E-state index in [0.29, 0.717) is 10.2 Å². The third-order valence-corrected chi connectivity index (χ3v) is 5.85. The SMILES string of the molecule is CC1(C)C2OCCCC2C1(N)C(=O)Nc1ccc(F)c(Br)c1. The van der Waals surface area contributed by atoms with Crippen LogP contribution in [0.5, 0.6) is 0 Å². The lowest BCUT2D eigenvalue weighted by molar-refractivity contribution is -0.222. The van der Waals surface area contributed by atoms with Gasteiger partial charge in [-0.1, -0.05) is 13.8 Å². The summed E-state index contributed by atoms with van der Waals surface area (Å²) in [6, 6.07) is 4.38. The molecule has 6 heteroatoms. The Labute approximate surface area is 137 Å². The molecular weight excluding hydrogens is 351 g/mol. The maximum atomic E-state index is 13.3. The number of carbonyl (C=O) groups excluding carboxylic acids is 1. The van der Waals surface area contributed by atoms with Crippen LogP contribution in [0, 0.1) is 17.2 Å². The predicted octanol–water partition coefficient (Wildman–Crippen LogP) is 3.06. The Balaban J connectivity index is 1.83. The number of anilines is 1. The first-order chi connectivity index (χ1) is 10.3. The van der Waals surface area contributed by atoms with Crippen molar-refractivity contribution in [3.63, 3.8) is 0 Å². The standard InChI is InChI=1S/C16H20BrFN2O2/c1-15(2)13-10(4-3-7-22-13)16(15,19)14(21)20-9-5-6-12(18)11(17)8-9/h5-6,8,10,13H,3-4,7,19H2,1-2H3,(H,20,21). The van der Waals surface area contributed by atoms with Gasteiger partial charge in [0.2, 0.25) is 5.91 Å². The second kappa shape index (κ2) is 5.28. The van der Waals surface area contributed by atoms with E-state index >= 15 is 0 Å². The highest BCUT2D eigenvalue weighted by Gasteiger charge is 2.70. The van der Waals surface area contributed by atoms with E-state index in [0.717, 1.165) is 19.4 Å². The van der Waals surface area contributed by atoms with Crippen LogP contribution in [0.3, 0.4) is 0 Å². The first-order valence-corrected chi connectivity index (χ1v) is 8.25. The van der Waals surface area contributed by atoms with Crippen molar-refractivity contribution >= 4 is 27.5 Å². The number of carbonyl (C=O) groups is 1. The molecule has 2 aliphatic rings. The summed E-state index contributed by atoms with van der Waals surface area (Å²) < 4.78 is 19.4.